The van der Waals surface area contributed by atoms with Gasteiger partial charge in [0.25, 0.3) is 0 Å². The summed E-state index contributed by atoms with van der Waals surface area (Å²) < 4.78 is 0. The maximum Gasteiger partial charge on any atom is 0.319 e. The lowest BCUT2D eigenvalue weighted by molar-refractivity contribution is 0.244. The lowest BCUT2D eigenvalue weighted by Crippen LogP contribution is -2.43. The molecule has 0 bridgehead atoms. The van der Waals surface area contributed by atoms with Crippen LogP contribution >= 0.6 is 0 Å². The summed E-state index contributed by atoms with van der Waals surface area (Å²) in [6.07, 6.45) is 0. The van der Waals surface area contributed by atoms with Gasteiger partial charge in [0.1, 0.15) is 0 Å². The zero-order valence-corrected chi connectivity index (χ0v) is 12.6. The van der Waals surface area contributed by atoms with E-state index >= 15 is 0 Å². The molecule has 0 aliphatic rings. The number of carbonyl (C=O) groups is 1. The van der Waals surface area contributed by atoms with Crippen LogP contribution in [0.25, 0.3) is 0 Å². The summed E-state index contributed by atoms with van der Waals surface area (Å²) in [6, 6.07) is 17.3. The first-order valence-electron chi connectivity index (χ1n) is 6.94. The fourth-order valence-electron chi connectivity index (χ4n) is 1.83. The predicted molar refractivity (Wildman–Crippen MR) is 88.1 cm³/mol. The van der Waals surface area contributed by atoms with E-state index in [-0.39, 0.29) is 11.6 Å². The van der Waals surface area contributed by atoms with E-state index in [2.05, 4.69) is 16.0 Å². The first-order valence-corrected chi connectivity index (χ1v) is 6.94. The quantitative estimate of drug-likeness (QED) is 0.784. The minimum Gasteiger partial charge on any atom is -0.356 e. The van der Waals surface area contributed by atoms with E-state index in [1.807, 2.05) is 75.4 Å². The van der Waals surface area contributed by atoms with Crippen molar-refractivity contribution in [1.29, 1.82) is 0 Å². The number of benzene rings is 2. The molecule has 2 amide bonds. The van der Waals surface area contributed by atoms with Gasteiger partial charge in [-0.15, -0.1) is 0 Å². The van der Waals surface area contributed by atoms with Gasteiger partial charge in [0.05, 0.1) is 0 Å². The summed E-state index contributed by atoms with van der Waals surface area (Å²) in [6.45, 7) is 5.83. The monoisotopic (exact) mass is 283 g/mol. The van der Waals surface area contributed by atoms with E-state index in [1.54, 1.807) is 0 Å². The Morgan fingerprint density at radius 1 is 0.810 bits per heavy atom. The third-order valence-corrected chi connectivity index (χ3v) is 2.69. The van der Waals surface area contributed by atoms with Crippen molar-refractivity contribution in [1.82, 2.24) is 5.32 Å². The summed E-state index contributed by atoms with van der Waals surface area (Å²) in [5.74, 6) is 0. The molecule has 4 heteroatoms. The van der Waals surface area contributed by atoms with Crippen LogP contribution in [-0.2, 0) is 0 Å². The van der Waals surface area contributed by atoms with Crippen molar-refractivity contribution in [2.45, 2.75) is 26.3 Å². The Labute approximate surface area is 125 Å². The van der Waals surface area contributed by atoms with Crippen molar-refractivity contribution < 1.29 is 4.79 Å². The molecule has 2 aromatic carbocycles. The fraction of sp³-hybridized carbons (Fsp3) is 0.235. The molecule has 0 aliphatic carbocycles. The standard InChI is InChI=1S/C17H21N3O/c1-17(2,3)20-16(21)19-15-11-9-14(10-12-15)18-13-7-5-4-6-8-13/h4-12,18H,1-3H3,(H2,19,20,21). The van der Waals surface area contributed by atoms with E-state index in [4.69, 9.17) is 0 Å². The number of para-hydroxylation sites is 1. The van der Waals surface area contributed by atoms with Crippen LogP contribution in [0.4, 0.5) is 21.9 Å². The number of carbonyl (C=O) groups excluding carboxylic acids is 1. The number of anilines is 3. The smallest absolute Gasteiger partial charge is 0.319 e. The van der Waals surface area contributed by atoms with Gasteiger partial charge in [-0.05, 0) is 57.2 Å². The van der Waals surface area contributed by atoms with Crippen molar-refractivity contribution in [3.05, 3.63) is 54.6 Å². The van der Waals surface area contributed by atoms with Crippen molar-refractivity contribution in [2.75, 3.05) is 10.6 Å². The van der Waals surface area contributed by atoms with E-state index in [1.165, 1.54) is 0 Å². The maximum absolute atomic E-state index is 11.8. The summed E-state index contributed by atoms with van der Waals surface area (Å²) >= 11 is 0. The molecule has 0 heterocycles. The lowest BCUT2D eigenvalue weighted by atomic mass is 10.1. The van der Waals surface area contributed by atoms with Crippen LogP contribution in [0, 0.1) is 0 Å². The second-order valence-corrected chi connectivity index (χ2v) is 5.90. The van der Waals surface area contributed by atoms with Gasteiger partial charge in [0.2, 0.25) is 0 Å². The zero-order chi connectivity index (χ0) is 15.3. The highest BCUT2D eigenvalue weighted by Gasteiger charge is 2.13. The fourth-order valence-corrected chi connectivity index (χ4v) is 1.83. The summed E-state index contributed by atoms with van der Waals surface area (Å²) in [5, 5.41) is 8.96. The summed E-state index contributed by atoms with van der Waals surface area (Å²) in [7, 11) is 0. The molecule has 2 rings (SSSR count). The highest BCUT2D eigenvalue weighted by Crippen LogP contribution is 2.18. The second kappa shape index (κ2) is 6.31. The third-order valence-electron chi connectivity index (χ3n) is 2.69. The average Bonchev–Trinajstić information content (AvgIpc) is 2.40. The molecule has 0 saturated carbocycles. The largest absolute Gasteiger partial charge is 0.356 e. The summed E-state index contributed by atoms with van der Waals surface area (Å²) in [5.41, 5.74) is 2.51. The number of amides is 2. The summed E-state index contributed by atoms with van der Waals surface area (Å²) in [4.78, 5) is 11.8. The molecule has 0 aromatic heterocycles. The van der Waals surface area contributed by atoms with Crippen LogP contribution < -0.4 is 16.0 Å². The molecule has 0 unspecified atom stereocenters. The van der Waals surface area contributed by atoms with Crippen molar-refractivity contribution >= 4 is 23.1 Å². The van der Waals surface area contributed by atoms with Crippen LogP contribution in [-0.4, -0.2) is 11.6 Å². The van der Waals surface area contributed by atoms with E-state index in [9.17, 15) is 4.79 Å². The Hall–Kier alpha value is -2.49. The molecule has 0 spiro atoms. The Balaban J connectivity index is 1.95. The second-order valence-electron chi connectivity index (χ2n) is 5.90. The van der Waals surface area contributed by atoms with Crippen molar-refractivity contribution in [3.63, 3.8) is 0 Å². The SMILES string of the molecule is CC(C)(C)NC(=O)Nc1ccc(Nc2ccccc2)cc1. The minimum atomic E-state index is -0.251. The Bertz CT molecular complexity index is 586. The molecular formula is C17H21N3O. The first kappa shape index (κ1) is 14.9. The van der Waals surface area contributed by atoms with Crippen molar-refractivity contribution in [3.8, 4) is 0 Å². The van der Waals surface area contributed by atoms with Gasteiger partial charge in [0, 0.05) is 22.6 Å². The number of nitrogens with one attached hydrogen (secondary N) is 3. The van der Waals surface area contributed by atoms with Gasteiger partial charge < -0.3 is 16.0 Å². The highest BCUT2D eigenvalue weighted by molar-refractivity contribution is 5.89. The van der Waals surface area contributed by atoms with E-state index in [0.29, 0.717) is 0 Å². The van der Waals surface area contributed by atoms with Gasteiger partial charge in [-0.2, -0.15) is 0 Å². The Kier molecular flexibility index (Phi) is 4.48. The third kappa shape index (κ3) is 5.18. The lowest BCUT2D eigenvalue weighted by Gasteiger charge is -2.20. The molecule has 4 nitrogen and oxygen atoms in total. The number of urea groups is 1. The molecular weight excluding hydrogens is 262 g/mol. The van der Waals surface area contributed by atoms with Crippen LogP contribution in [0.3, 0.4) is 0 Å². The molecule has 0 radical (unpaired) electrons. The van der Waals surface area contributed by atoms with Crippen LogP contribution in [0.2, 0.25) is 0 Å². The maximum atomic E-state index is 11.8. The molecule has 110 valence electrons. The molecule has 21 heavy (non-hydrogen) atoms. The molecule has 0 saturated heterocycles. The first-order chi connectivity index (χ1) is 9.92. The van der Waals surface area contributed by atoms with Crippen LogP contribution in [0.15, 0.2) is 54.6 Å². The topological polar surface area (TPSA) is 53.2 Å². The number of hydrogen-bond acceptors (Lipinski definition) is 2. The van der Waals surface area contributed by atoms with E-state index in [0.717, 1.165) is 17.1 Å². The van der Waals surface area contributed by atoms with Gasteiger partial charge in [-0.25, -0.2) is 4.79 Å². The van der Waals surface area contributed by atoms with Crippen molar-refractivity contribution in [2.24, 2.45) is 0 Å². The van der Waals surface area contributed by atoms with Gasteiger partial charge >= 0.3 is 6.03 Å². The Morgan fingerprint density at radius 2 is 1.33 bits per heavy atom. The van der Waals surface area contributed by atoms with E-state index < -0.39 is 0 Å². The van der Waals surface area contributed by atoms with Crippen LogP contribution in [0.5, 0.6) is 0 Å². The van der Waals surface area contributed by atoms with Gasteiger partial charge in [0.15, 0.2) is 0 Å². The van der Waals surface area contributed by atoms with Crippen LogP contribution in [0.1, 0.15) is 20.8 Å². The molecule has 0 atom stereocenters. The molecule has 0 fully saturated rings. The molecule has 2 aromatic rings. The minimum absolute atomic E-state index is 0.203. The van der Waals surface area contributed by atoms with Gasteiger partial charge in [-0.1, -0.05) is 18.2 Å². The zero-order valence-electron chi connectivity index (χ0n) is 12.6. The highest BCUT2D eigenvalue weighted by atomic mass is 16.2. The van der Waals surface area contributed by atoms with Gasteiger partial charge in [-0.3, -0.25) is 0 Å². The molecule has 3 N–H and O–H groups in total. The molecule has 0 aliphatic heterocycles. The Morgan fingerprint density at radius 3 is 1.90 bits per heavy atom. The predicted octanol–water partition coefficient (Wildman–Crippen LogP) is 4.35. The number of hydrogen-bond donors (Lipinski definition) is 3. The average molecular weight is 283 g/mol. The normalized spacial score (nSPS) is 10.8. The number of rotatable bonds is 3.